The number of carbonyl (C=O) groups excluding carboxylic acids is 2. The maximum absolute atomic E-state index is 12.1. The molecular weight excluding hydrogens is 302 g/mol. The lowest BCUT2D eigenvalue weighted by atomic mass is 10.0. The lowest BCUT2D eigenvalue weighted by Gasteiger charge is -2.23. The Bertz CT molecular complexity index is 573. The summed E-state index contributed by atoms with van der Waals surface area (Å²) in [6.07, 6.45) is -0.496. The highest BCUT2D eigenvalue weighted by molar-refractivity contribution is 5.88. The minimum absolute atomic E-state index is 0.0482. The molecule has 0 spiro atoms. The highest BCUT2D eigenvalue weighted by Gasteiger charge is 2.47. The SMILES string of the molecule is CCOC(=O)[C@@H]1CCN(C(=O)OCc2ccccc2)[C@H]1C(=O)O. The number of carboxylic acids is 1. The van der Waals surface area contributed by atoms with E-state index in [1.54, 1.807) is 19.1 Å². The van der Waals surface area contributed by atoms with Crippen molar-refractivity contribution in [1.82, 2.24) is 4.90 Å². The van der Waals surface area contributed by atoms with Crippen molar-refractivity contribution in [2.24, 2.45) is 5.92 Å². The fourth-order valence-electron chi connectivity index (χ4n) is 2.60. The van der Waals surface area contributed by atoms with Crippen molar-refractivity contribution in [3.8, 4) is 0 Å². The Morgan fingerprint density at radius 2 is 1.91 bits per heavy atom. The van der Waals surface area contributed by atoms with Gasteiger partial charge in [-0.25, -0.2) is 9.59 Å². The molecule has 1 N–H and O–H groups in total. The molecule has 1 aliphatic heterocycles. The first-order valence-corrected chi connectivity index (χ1v) is 7.41. The molecule has 7 heteroatoms. The van der Waals surface area contributed by atoms with Gasteiger partial charge in [0.05, 0.1) is 12.5 Å². The van der Waals surface area contributed by atoms with Crippen LogP contribution >= 0.6 is 0 Å². The quantitative estimate of drug-likeness (QED) is 0.829. The zero-order valence-corrected chi connectivity index (χ0v) is 12.8. The fraction of sp³-hybridized carbons (Fsp3) is 0.438. The summed E-state index contributed by atoms with van der Waals surface area (Å²) in [5.74, 6) is -2.70. The van der Waals surface area contributed by atoms with Crippen LogP contribution in [0.25, 0.3) is 0 Å². The van der Waals surface area contributed by atoms with Crippen molar-refractivity contribution in [2.75, 3.05) is 13.2 Å². The highest BCUT2D eigenvalue weighted by Crippen LogP contribution is 2.27. The van der Waals surface area contributed by atoms with Crippen LogP contribution in [0.4, 0.5) is 4.79 Å². The molecule has 0 bridgehead atoms. The smallest absolute Gasteiger partial charge is 0.410 e. The van der Waals surface area contributed by atoms with Gasteiger partial charge in [0.25, 0.3) is 0 Å². The average molecular weight is 321 g/mol. The summed E-state index contributed by atoms with van der Waals surface area (Å²) in [6, 6.07) is 7.82. The standard InChI is InChI=1S/C16H19NO6/c1-2-22-15(20)12-8-9-17(13(12)14(18)19)16(21)23-10-11-6-4-3-5-7-11/h3-7,12-13H,2,8-10H2,1H3,(H,18,19)/t12-,13-/m1/s1. The monoisotopic (exact) mass is 321 g/mol. The molecule has 0 saturated carbocycles. The maximum Gasteiger partial charge on any atom is 0.410 e. The Labute approximate surface area is 133 Å². The maximum atomic E-state index is 12.1. The third-order valence-corrected chi connectivity index (χ3v) is 3.68. The number of rotatable bonds is 5. The summed E-state index contributed by atoms with van der Waals surface area (Å²) >= 11 is 0. The zero-order chi connectivity index (χ0) is 16.8. The minimum atomic E-state index is -1.25. The van der Waals surface area contributed by atoms with E-state index < -0.39 is 30.0 Å². The molecule has 1 heterocycles. The largest absolute Gasteiger partial charge is 0.480 e. The number of carboxylic acid groups (broad SMARTS) is 1. The summed E-state index contributed by atoms with van der Waals surface area (Å²) < 4.78 is 10.0. The lowest BCUT2D eigenvalue weighted by molar-refractivity contribution is -0.155. The second kappa shape index (κ2) is 7.62. The van der Waals surface area contributed by atoms with Crippen LogP contribution < -0.4 is 0 Å². The molecule has 2 atom stereocenters. The van der Waals surface area contributed by atoms with Crippen LogP contribution in [-0.2, 0) is 25.7 Å². The number of amides is 1. The molecule has 1 aliphatic rings. The third kappa shape index (κ3) is 4.00. The first-order chi connectivity index (χ1) is 11.0. The molecule has 1 fully saturated rings. The molecular formula is C16H19NO6. The number of ether oxygens (including phenoxy) is 2. The summed E-state index contributed by atoms with van der Waals surface area (Å²) in [4.78, 5) is 36.5. The number of benzene rings is 1. The number of hydrogen-bond donors (Lipinski definition) is 1. The number of likely N-dealkylation sites (tertiary alicyclic amines) is 1. The predicted octanol–water partition coefficient (Wildman–Crippen LogP) is 1.66. The molecule has 2 rings (SSSR count). The van der Waals surface area contributed by atoms with Crippen molar-refractivity contribution in [3.63, 3.8) is 0 Å². The number of carbonyl (C=O) groups is 3. The van der Waals surface area contributed by atoms with Crippen molar-refractivity contribution in [1.29, 1.82) is 0 Å². The summed E-state index contributed by atoms with van der Waals surface area (Å²) in [7, 11) is 0. The van der Waals surface area contributed by atoms with E-state index in [1.807, 2.05) is 18.2 Å². The van der Waals surface area contributed by atoms with Gasteiger partial charge in [-0.05, 0) is 18.9 Å². The van der Waals surface area contributed by atoms with Gasteiger partial charge in [0.1, 0.15) is 12.6 Å². The van der Waals surface area contributed by atoms with Crippen LogP contribution in [-0.4, -0.2) is 47.2 Å². The molecule has 1 aromatic carbocycles. The second-order valence-electron chi connectivity index (χ2n) is 5.16. The van der Waals surface area contributed by atoms with E-state index in [0.717, 1.165) is 10.5 Å². The zero-order valence-electron chi connectivity index (χ0n) is 12.8. The van der Waals surface area contributed by atoms with Crippen LogP contribution in [0.2, 0.25) is 0 Å². The Morgan fingerprint density at radius 3 is 2.52 bits per heavy atom. The summed E-state index contributed by atoms with van der Waals surface area (Å²) in [5.41, 5.74) is 0.800. The molecule has 23 heavy (non-hydrogen) atoms. The van der Waals surface area contributed by atoms with Gasteiger partial charge >= 0.3 is 18.0 Å². The highest BCUT2D eigenvalue weighted by atomic mass is 16.6. The molecule has 124 valence electrons. The van der Waals surface area contributed by atoms with E-state index in [4.69, 9.17) is 9.47 Å². The van der Waals surface area contributed by atoms with Gasteiger partial charge in [0.15, 0.2) is 0 Å². The van der Waals surface area contributed by atoms with Gasteiger partial charge in [-0.1, -0.05) is 30.3 Å². The molecule has 1 aromatic rings. The Morgan fingerprint density at radius 1 is 1.22 bits per heavy atom. The topological polar surface area (TPSA) is 93.1 Å². The van der Waals surface area contributed by atoms with Crippen molar-refractivity contribution in [2.45, 2.75) is 26.0 Å². The normalized spacial score (nSPS) is 20.1. The summed E-state index contributed by atoms with van der Waals surface area (Å²) in [5, 5.41) is 9.35. The van der Waals surface area contributed by atoms with E-state index in [0.29, 0.717) is 0 Å². The molecule has 7 nitrogen and oxygen atoms in total. The number of nitrogens with zero attached hydrogens (tertiary/aromatic N) is 1. The van der Waals surface area contributed by atoms with Gasteiger partial charge in [-0.3, -0.25) is 9.69 Å². The van der Waals surface area contributed by atoms with Gasteiger partial charge < -0.3 is 14.6 Å². The van der Waals surface area contributed by atoms with Crippen LogP contribution in [0, 0.1) is 5.92 Å². The van der Waals surface area contributed by atoms with Crippen molar-refractivity contribution < 1.29 is 29.0 Å². The number of aliphatic carboxylic acids is 1. The fourth-order valence-corrected chi connectivity index (χ4v) is 2.60. The van der Waals surface area contributed by atoms with Crippen LogP contribution in [0.1, 0.15) is 18.9 Å². The van der Waals surface area contributed by atoms with Gasteiger partial charge in [-0.2, -0.15) is 0 Å². The number of esters is 1. The van der Waals surface area contributed by atoms with Crippen molar-refractivity contribution in [3.05, 3.63) is 35.9 Å². The van der Waals surface area contributed by atoms with E-state index in [-0.39, 0.29) is 26.2 Å². The van der Waals surface area contributed by atoms with E-state index in [9.17, 15) is 19.5 Å². The predicted molar refractivity (Wildman–Crippen MR) is 79.5 cm³/mol. The molecule has 0 aromatic heterocycles. The molecule has 0 radical (unpaired) electrons. The lowest BCUT2D eigenvalue weighted by Crippen LogP contribution is -2.45. The van der Waals surface area contributed by atoms with Crippen LogP contribution in [0.15, 0.2) is 30.3 Å². The van der Waals surface area contributed by atoms with E-state index >= 15 is 0 Å². The Hall–Kier alpha value is -2.57. The first kappa shape index (κ1) is 16.8. The van der Waals surface area contributed by atoms with Crippen LogP contribution in [0.5, 0.6) is 0 Å². The Kier molecular flexibility index (Phi) is 5.56. The average Bonchev–Trinajstić information content (AvgIpc) is 2.99. The van der Waals surface area contributed by atoms with Gasteiger partial charge in [0, 0.05) is 6.54 Å². The van der Waals surface area contributed by atoms with Gasteiger partial charge in [-0.15, -0.1) is 0 Å². The summed E-state index contributed by atoms with van der Waals surface area (Å²) in [6.45, 7) is 2.01. The van der Waals surface area contributed by atoms with E-state index in [2.05, 4.69) is 0 Å². The first-order valence-electron chi connectivity index (χ1n) is 7.41. The number of hydrogen-bond acceptors (Lipinski definition) is 5. The van der Waals surface area contributed by atoms with Crippen molar-refractivity contribution >= 4 is 18.0 Å². The van der Waals surface area contributed by atoms with Gasteiger partial charge in [0.2, 0.25) is 0 Å². The molecule has 0 unspecified atom stereocenters. The molecule has 1 saturated heterocycles. The third-order valence-electron chi connectivity index (χ3n) is 3.68. The second-order valence-corrected chi connectivity index (χ2v) is 5.16. The Balaban J connectivity index is 2.01. The minimum Gasteiger partial charge on any atom is -0.480 e. The molecule has 0 aliphatic carbocycles. The molecule has 1 amide bonds. The van der Waals surface area contributed by atoms with E-state index in [1.165, 1.54) is 0 Å². The van der Waals surface area contributed by atoms with Crippen LogP contribution in [0.3, 0.4) is 0 Å².